The van der Waals surface area contributed by atoms with E-state index in [2.05, 4.69) is 29.7 Å². The number of carboxylic acid groups (broad SMARTS) is 1. The standard InChI is InChI=1S/C22H36N2O4S/c1-2-3-6-10-21(29)24-15-20(25)23-14-17-16(18-12-13-19(17)28-18)9-7-4-5-8-11-22(26)27/h7,9,16-19H,2-6,8,10-15H2,1H3,(H,23,25)(H,24,29)(H,26,27)/t16-,17+,18-,19+/m0/s1. The van der Waals surface area contributed by atoms with Crippen LogP contribution in [-0.4, -0.2) is 47.3 Å². The molecule has 2 heterocycles. The van der Waals surface area contributed by atoms with Gasteiger partial charge in [-0.1, -0.05) is 44.1 Å². The fourth-order valence-electron chi connectivity index (χ4n) is 4.23. The van der Waals surface area contributed by atoms with Gasteiger partial charge in [-0.2, -0.15) is 0 Å². The van der Waals surface area contributed by atoms with Crippen molar-refractivity contribution in [3.8, 4) is 0 Å². The van der Waals surface area contributed by atoms with Crippen molar-refractivity contribution in [1.82, 2.24) is 10.6 Å². The largest absolute Gasteiger partial charge is 0.481 e. The smallest absolute Gasteiger partial charge is 0.303 e. The Hall–Kier alpha value is -1.47. The summed E-state index contributed by atoms with van der Waals surface area (Å²) in [5.41, 5.74) is 0. The Kier molecular flexibility index (Phi) is 10.6. The van der Waals surface area contributed by atoms with Crippen molar-refractivity contribution in [3.63, 3.8) is 0 Å². The van der Waals surface area contributed by atoms with Gasteiger partial charge in [0.25, 0.3) is 0 Å². The van der Waals surface area contributed by atoms with Crippen LogP contribution in [0.15, 0.2) is 12.2 Å². The topological polar surface area (TPSA) is 87.7 Å². The van der Waals surface area contributed by atoms with Gasteiger partial charge in [-0.3, -0.25) is 9.59 Å². The summed E-state index contributed by atoms with van der Waals surface area (Å²) >= 11 is 5.28. The van der Waals surface area contributed by atoms with Crippen LogP contribution in [0.2, 0.25) is 0 Å². The molecule has 2 aliphatic heterocycles. The van der Waals surface area contributed by atoms with Crippen LogP contribution in [0.25, 0.3) is 0 Å². The lowest BCUT2D eigenvalue weighted by atomic mass is 9.79. The number of carbonyl (C=O) groups excluding carboxylic acids is 1. The Morgan fingerprint density at radius 2 is 1.86 bits per heavy atom. The zero-order chi connectivity index (χ0) is 21.1. The third-order valence-corrected chi connectivity index (χ3v) is 6.19. The van der Waals surface area contributed by atoms with Crippen LogP contribution in [-0.2, 0) is 14.3 Å². The van der Waals surface area contributed by atoms with Crippen LogP contribution in [0.5, 0.6) is 0 Å². The third-order valence-electron chi connectivity index (χ3n) is 5.84. The van der Waals surface area contributed by atoms with E-state index in [1.165, 1.54) is 0 Å². The second-order valence-electron chi connectivity index (χ2n) is 8.14. The number of hydrogen-bond acceptors (Lipinski definition) is 4. The minimum atomic E-state index is -0.734. The zero-order valence-electron chi connectivity index (χ0n) is 17.5. The second kappa shape index (κ2) is 13.0. The molecule has 0 spiro atoms. The van der Waals surface area contributed by atoms with Gasteiger partial charge in [-0.15, -0.1) is 0 Å². The highest BCUT2D eigenvalue weighted by Crippen LogP contribution is 2.43. The molecule has 0 aromatic rings. The number of aliphatic carboxylic acids is 1. The summed E-state index contributed by atoms with van der Waals surface area (Å²) in [7, 11) is 0. The van der Waals surface area contributed by atoms with Gasteiger partial charge in [0.2, 0.25) is 5.91 Å². The first-order chi connectivity index (χ1) is 14.0. The van der Waals surface area contributed by atoms with Crippen molar-refractivity contribution in [3.05, 3.63) is 12.2 Å². The molecule has 1 amide bonds. The highest BCUT2D eigenvalue weighted by molar-refractivity contribution is 7.80. The fraction of sp³-hybridized carbons (Fsp3) is 0.773. The van der Waals surface area contributed by atoms with Crippen LogP contribution in [0, 0.1) is 11.8 Å². The van der Waals surface area contributed by atoms with Crippen LogP contribution in [0.3, 0.4) is 0 Å². The maximum atomic E-state index is 12.2. The normalized spacial score (nSPS) is 25.4. The first-order valence-corrected chi connectivity index (χ1v) is 11.5. The molecule has 2 aliphatic rings. The van der Waals surface area contributed by atoms with Crippen molar-refractivity contribution in [2.24, 2.45) is 11.8 Å². The molecule has 0 radical (unpaired) electrons. The highest BCUT2D eigenvalue weighted by Gasteiger charge is 2.47. The SMILES string of the molecule is CCCCCC(=S)NCC(=O)NC[C@@H]1[C@H](C=CCCCCC(=O)O)[C@@H]2CC[C@H]1O2. The Balaban J connectivity index is 1.68. The molecule has 7 heteroatoms. The number of unbranched alkanes of at least 4 members (excludes halogenated alkanes) is 4. The molecule has 2 fully saturated rings. The monoisotopic (exact) mass is 424 g/mol. The first kappa shape index (κ1) is 23.8. The van der Waals surface area contributed by atoms with Gasteiger partial charge >= 0.3 is 5.97 Å². The van der Waals surface area contributed by atoms with Crippen LogP contribution >= 0.6 is 12.2 Å². The molecule has 0 aromatic heterocycles. The summed E-state index contributed by atoms with van der Waals surface area (Å²) in [6, 6.07) is 0. The van der Waals surface area contributed by atoms with Gasteiger partial charge in [0.15, 0.2) is 0 Å². The average Bonchev–Trinajstić information content (AvgIpc) is 3.29. The van der Waals surface area contributed by atoms with Gasteiger partial charge in [0.1, 0.15) is 0 Å². The number of hydrogen-bond donors (Lipinski definition) is 3. The van der Waals surface area contributed by atoms with Crippen molar-refractivity contribution in [1.29, 1.82) is 0 Å². The summed E-state index contributed by atoms with van der Waals surface area (Å²) in [6.45, 7) is 3.01. The summed E-state index contributed by atoms with van der Waals surface area (Å²) < 4.78 is 6.08. The molecule has 0 aliphatic carbocycles. The molecule has 0 saturated carbocycles. The van der Waals surface area contributed by atoms with E-state index in [9.17, 15) is 9.59 Å². The van der Waals surface area contributed by atoms with Crippen molar-refractivity contribution < 1.29 is 19.4 Å². The van der Waals surface area contributed by atoms with E-state index in [4.69, 9.17) is 22.1 Å². The van der Waals surface area contributed by atoms with E-state index in [0.717, 1.165) is 56.4 Å². The van der Waals surface area contributed by atoms with Gasteiger partial charge in [0, 0.05) is 24.8 Å². The molecule has 2 rings (SSSR count). The molecular formula is C22H36N2O4S. The van der Waals surface area contributed by atoms with E-state index >= 15 is 0 Å². The number of rotatable bonds is 14. The molecule has 4 atom stereocenters. The number of amides is 1. The predicted molar refractivity (Wildman–Crippen MR) is 118 cm³/mol. The summed E-state index contributed by atoms with van der Waals surface area (Å²) in [6.07, 6.45) is 13.9. The molecule has 2 saturated heterocycles. The predicted octanol–water partition coefficient (Wildman–Crippen LogP) is 3.59. The number of fused-ring (bicyclic) bond motifs is 2. The summed E-state index contributed by atoms with van der Waals surface area (Å²) in [5.74, 6) is -0.120. The third kappa shape index (κ3) is 8.42. The lowest BCUT2D eigenvalue weighted by Gasteiger charge is -2.26. The number of carboxylic acids is 1. The summed E-state index contributed by atoms with van der Waals surface area (Å²) in [5, 5.41) is 14.8. The molecule has 0 unspecified atom stereocenters. The Morgan fingerprint density at radius 1 is 1.10 bits per heavy atom. The van der Waals surface area contributed by atoms with E-state index in [0.29, 0.717) is 24.8 Å². The van der Waals surface area contributed by atoms with Crippen LogP contribution in [0.1, 0.15) is 71.1 Å². The molecule has 29 heavy (non-hydrogen) atoms. The van der Waals surface area contributed by atoms with E-state index < -0.39 is 5.97 Å². The van der Waals surface area contributed by atoms with Gasteiger partial charge < -0.3 is 20.5 Å². The average molecular weight is 425 g/mol. The lowest BCUT2D eigenvalue weighted by Crippen LogP contribution is -2.41. The Labute approximate surface area is 179 Å². The first-order valence-electron chi connectivity index (χ1n) is 11.1. The van der Waals surface area contributed by atoms with Crippen LogP contribution in [0.4, 0.5) is 0 Å². The van der Waals surface area contributed by atoms with Gasteiger partial charge in [-0.25, -0.2) is 0 Å². The van der Waals surface area contributed by atoms with Crippen molar-refractivity contribution in [2.75, 3.05) is 13.1 Å². The number of ether oxygens (including phenoxy) is 1. The Bertz CT molecular complexity index is 581. The van der Waals surface area contributed by atoms with Crippen molar-refractivity contribution >= 4 is 29.1 Å². The zero-order valence-corrected chi connectivity index (χ0v) is 18.3. The van der Waals surface area contributed by atoms with E-state index in [-0.39, 0.29) is 31.1 Å². The minimum absolute atomic E-state index is 0.0259. The van der Waals surface area contributed by atoms with Crippen molar-refractivity contribution in [2.45, 2.75) is 83.3 Å². The number of nitrogens with one attached hydrogen (secondary N) is 2. The molecule has 2 bridgehead atoms. The molecule has 0 aromatic carbocycles. The van der Waals surface area contributed by atoms with Gasteiger partial charge in [-0.05, 0) is 44.9 Å². The Morgan fingerprint density at radius 3 is 2.62 bits per heavy atom. The van der Waals surface area contributed by atoms with Gasteiger partial charge in [0.05, 0.1) is 23.7 Å². The summed E-state index contributed by atoms with van der Waals surface area (Å²) in [4.78, 5) is 23.5. The minimum Gasteiger partial charge on any atom is -0.481 e. The lowest BCUT2D eigenvalue weighted by molar-refractivity contribution is -0.137. The second-order valence-corrected chi connectivity index (χ2v) is 8.63. The number of carbonyl (C=O) groups is 2. The quantitative estimate of drug-likeness (QED) is 0.224. The number of thiocarbonyl (C=S) groups is 1. The van der Waals surface area contributed by atoms with E-state index in [1.807, 2.05) is 0 Å². The highest BCUT2D eigenvalue weighted by atomic mass is 32.1. The maximum Gasteiger partial charge on any atom is 0.303 e. The fourth-order valence-corrected chi connectivity index (χ4v) is 4.45. The number of allylic oxidation sites excluding steroid dienone is 1. The molecular weight excluding hydrogens is 388 g/mol. The molecule has 164 valence electrons. The maximum absolute atomic E-state index is 12.2. The van der Waals surface area contributed by atoms with Crippen LogP contribution < -0.4 is 10.6 Å². The molecule has 3 N–H and O–H groups in total. The molecule has 6 nitrogen and oxygen atoms in total. The van der Waals surface area contributed by atoms with E-state index in [1.54, 1.807) is 0 Å².